The number of aliphatic hydroxyl groups excluding tert-OH is 1. The number of anilines is 1. The molecular formula is C23H24N6O2. The molecule has 1 amide bonds. The number of hydrogen-bond donors (Lipinski definition) is 3. The summed E-state index contributed by atoms with van der Waals surface area (Å²) in [4.78, 5) is 25.5. The van der Waals surface area contributed by atoms with E-state index < -0.39 is 6.04 Å². The minimum Gasteiger partial charge on any atom is -0.394 e. The van der Waals surface area contributed by atoms with Gasteiger partial charge in [0.05, 0.1) is 19.0 Å². The van der Waals surface area contributed by atoms with Crippen molar-refractivity contribution in [3.63, 3.8) is 0 Å². The van der Waals surface area contributed by atoms with Gasteiger partial charge < -0.3 is 20.3 Å². The second-order valence-electron chi connectivity index (χ2n) is 7.19. The molecule has 0 bridgehead atoms. The van der Waals surface area contributed by atoms with Gasteiger partial charge in [0.15, 0.2) is 11.5 Å². The summed E-state index contributed by atoms with van der Waals surface area (Å²) < 4.78 is 1.73. The van der Waals surface area contributed by atoms with E-state index in [2.05, 4.69) is 25.6 Å². The van der Waals surface area contributed by atoms with Crippen LogP contribution in [0.25, 0.3) is 11.2 Å². The summed E-state index contributed by atoms with van der Waals surface area (Å²) in [5.74, 6) is 0.457. The first kappa shape index (κ1) is 20.5. The maximum atomic E-state index is 12.4. The zero-order valence-corrected chi connectivity index (χ0v) is 17.0. The second kappa shape index (κ2) is 9.82. The molecule has 0 saturated carbocycles. The van der Waals surface area contributed by atoms with Crippen LogP contribution in [0, 0.1) is 0 Å². The first-order valence-electron chi connectivity index (χ1n) is 10.1. The molecule has 4 aromatic rings. The lowest BCUT2D eigenvalue weighted by Gasteiger charge is -2.16. The van der Waals surface area contributed by atoms with Gasteiger partial charge in [-0.1, -0.05) is 60.7 Å². The first-order chi connectivity index (χ1) is 15.2. The van der Waals surface area contributed by atoms with Crippen molar-refractivity contribution in [1.82, 2.24) is 24.8 Å². The van der Waals surface area contributed by atoms with Gasteiger partial charge in [-0.3, -0.25) is 4.79 Å². The zero-order valence-electron chi connectivity index (χ0n) is 17.0. The second-order valence-corrected chi connectivity index (χ2v) is 7.19. The highest BCUT2D eigenvalue weighted by atomic mass is 16.3. The van der Waals surface area contributed by atoms with E-state index in [0.29, 0.717) is 30.1 Å². The van der Waals surface area contributed by atoms with Gasteiger partial charge in [0.2, 0.25) is 5.91 Å². The molecule has 0 fully saturated rings. The Labute approximate surface area is 180 Å². The summed E-state index contributed by atoms with van der Waals surface area (Å²) in [5, 5.41) is 16.1. The van der Waals surface area contributed by atoms with Crippen LogP contribution in [0.3, 0.4) is 0 Å². The van der Waals surface area contributed by atoms with Crippen LogP contribution in [0.1, 0.15) is 23.6 Å². The highest BCUT2D eigenvalue weighted by Crippen LogP contribution is 2.22. The van der Waals surface area contributed by atoms with Crippen molar-refractivity contribution in [2.75, 3.05) is 11.9 Å². The molecule has 8 nitrogen and oxygen atoms in total. The van der Waals surface area contributed by atoms with E-state index in [-0.39, 0.29) is 18.9 Å². The maximum Gasteiger partial charge on any atom is 0.222 e. The summed E-state index contributed by atoms with van der Waals surface area (Å²) in [6.07, 6.45) is 3.17. The van der Waals surface area contributed by atoms with E-state index in [1.54, 1.807) is 10.9 Å². The largest absolute Gasteiger partial charge is 0.394 e. The monoisotopic (exact) mass is 416 g/mol. The molecule has 158 valence electrons. The van der Waals surface area contributed by atoms with Crippen molar-refractivity contribution >= 4 is 22.9 Å². The number of rotatable bonds is 9. The fourth-order valence-corrected chi connectivity index (χ4v) is 3.36. The minimum absolute atomic E-state index is 0.117. The third kappa shape index (κ3) is 5.04. The van der Waals surface area contributed by atoms with Crippen LogP contribution in [-0.4, -0.2) is 37.1 Å². The van der Waals surface area contributed by atoms with Crippen molar-refractivity contribution in [3.05, 3.63) is 84.4 Å². The van der Waals surface area contributed by atoms with E-state index in [0.717, 1.165) is 11.1 Å². The molecule has 4 rings (SSSR count). The maximum absolute atomic E-state index is 12.4. The lowest BCUT2D eigenvalue weighted by molar-refractivity contribution is -0.122. The van der Waals surface area contributed by atoms with E-state index in [1.165, 1.54) is 6.33 Å². The fraction of sp³-hybridized carbons (Fsp3) is 0.217. The average molecular weight is 416 g/mol. The van der Waals surface area contributed by atoms with Gasteiger partial charge in [0.1, 0.15) is 11.8 Å². The van der Waals surface area contributed by atoms with Crippen LogP contribution in [-0.2, 0) is 17.9 Å². The zero-order chi connectivity index (χ0) is 21.5. The molecule has 2 aromatic carbocycles. The molecule has 0 aliphatic carbocycles. The number of nitrogens with zero attached hydrogens (tertiary/aromatic N) is 4. The summed E-state index contributed by atoms with van der Waals surface area (Å²) in [5.41, 5.74) is 3.31. The number of carbonyl (C=O) groups is 1. The van der Waals surface area contributed by atoms with E-state index in [4.69, 9.17) is 0 Å². The van der Waals surface area contributed by atoms with E-state index in [9.17, 15) is 9.90 Å². The smallest absolute Gasteiger partial charge is 0.222 e. The summed E-state index contributed by atoms with van der Waals surface area (Å²) in [7, 11) is 0. The highest BCUT2D eigenvalue weighted by Gasteiger charge is 2.19. The van der Waals surface area contributed by atoms with Crippen molar-refractivity contribution in [1.29, 1.82) is 0 Å². The molecule has 0 aliphatic heterocycles. The Bertz CT molecular complexity index is 1130. The van der Waals surface area contributed by atoms with Crippen molar-refractivity contribution < 1.29 is 9.90 Å². The molecule has 8 heteroatoms. The van der Waals surface area contributed by atoms with Gasteiger partial charge in [-0.25, -0.2) is 15.0 Å². The first-order valence-corrected chi connectivity index (χ1v) is 10.1. The molecule has 1 unspecified atom stereocenters. The van der Waals surface area contributed by atoms with Crippen LogP contribution >= 0.6 is 0 Å². The number of amides is 1. The number of benzene rings is 2. The van der Waals surface area contributed by atoms with Gasteiger partial charge in [-0.2, -0.15) is 0 Å². The Kier molecular flexibility index (Phi) is 6.49. The summed E-state index contributed by atoms with van der Waals surface area (Å²) in [6, 6.07) is 19.2. The number of imidazole rings is 1. The molecule has 2 aromatic heterocycles. The number of carbonyl (C=O) groups excluding carboxylic acids is 1. The van der Waals surface area contributed by atoms with Gasteiger partial charge in [-0.05, 0) is 11.1 Å². The van der Waals surface area contributed by atoms with Crippen LogP contribution in [0.4, 0.5) is 5.82 Å². The Hall–Kier alpha value is -3.78. The van der Waals surface area contributed by atoms with E-state index in [1.807, 2.05) is 60.7 Å². The fourth-order valence-electron chi connectivity index (χ4n) is 3.36. The molecule has 0 spiro atoms. The standard InChI is InChI=1S/C23H24N6O2/c30-14-19(11-20(31)24-12-17-7-3-1-4-8-17)29-16-28-21-22(26-15-27-23(21)29)25-13-18-9-5-2-6-10-18/h1-10,15-16,19,30H,11-14H2,(H,24,31)(H,25,26,27). The lowest BCUT2D eigenvalue weighted by atomic mass is 10.2. The van der Waals surface area contributed by atoms with Crippen LogP contribution in [0.5, 0.6) is 0 Å². The van der Waals surface area contributed by atoms with Gasteiger partial charge >= 0.3 is 0 Å². The van der Waals surface area contributed by atoms with Crippen molar-refractivity contribution in [3.8, 4) is 0 Å². The number of fused-ring (bicyclic) bond motifs is 1. The van der Waals surface area contributed by atoms with Gasteiger partial charge in [0.25, 0.3) is 0 Å². The van der Waals surface area contributed by atoms with Gasteiger partial charge in [0, 0.05) is 19.5 Å². The number of aliphatic hydroxyl groups is 1. The lowest BCUT2D eigenvalue weighted by Crippen LogP contribution is -2.27. The van der Waals surface area contributed by atoms with Crippen molar-refractivity contribution in [2.24, 2.45) is 0 Å². The predicted octanol–water partition coefficient (Wildman–Crippen LogP) is 2.68. The number of aromatic nitrogens is 4. The molecule has 2 heterocycles. The Morgan fingerprint density at radius 1 is 0.935 bits per heavy atom. The summed E-state index contributed by atoms with van der Waals surface area (Å²) in [6.45, 7) is 0.838. The average Bonchev–Trinajstić information content (AvgIpc) is 3.26. The molecule has 3 N–H and O–H groups in total. The highest BCUT2D eigenvalue weighted by molar-refractivity contribution is 5.83. The number of nitrogens with one attached hydrogen (secondary N) is 2. The summed E-state index contributed by atoms with van der Waals surface area (Å²) >= 11 is 0. The van der Waals surface area contributed by atoms with Crippen LogP contribution in [0.15, 0.2) is 73.3 Å². The SMILES string of the molecule is O=C(CC(CO)n1cnc2c(NCc3ccccc3)ncnc21)NCc1ccccc1. The molecular weight excluding hydrogens is 392 g/mol. The van der Waals surface area contributed by atoms with Crippen LogP contribution < -0.4 is 10.6 Å². The topological polar surface area (TPSA) is 105 Å². The minimum atomic E-state index is -0.474. The van der Waals surface area contributed by atoms with Gasteiger partial charge in [-0.15, -0.1) is 0 Å². The third-order valence-corrected chi connectivity index (χ3v) is 5.02. The molecule has 1 atom stereocenters. The molecule has 0 aliphatic rings. The Balaban J connectivity index is 1.45. The van der Waals surface area contributed by atoms with Crippen LogP contribution in [0.2, 0.25) is 0 Å². The molecule has 0 radical (unpaired) electrons. The van der Waals surface area contributed by atoms with E-state index >= 15 is 0 Å². The third-order valence-electron chi connectivity index (χ3n) is 5.02. The van der Waals surface area contributed by atoms with Crippen molar-refractivity contribution in [2.45, 2.75) is 25.6 Å². The molecule has 31 heavy (non-hydrogen) atoms. The Morgan fingerprint density at radius 3 is 2.29 bits per heavy atom. The number of hydrogen-bond acceptors (Lipinski definition) is 6. The quantitative estimate of drug-likeness (QED) is 0.387. The predicted molar refractivity (Wildman–Crippen MR) is 118 cm³/mol. The normalized spacial score (nSPS) is 11.9. The molecule has 0 saturated heterocycles. The Morgan fingerprint density at radius 2 is 1.61 bits per heavy atom.